The van der Waals surface area contributed by atoms with E-state index in [9.17, 15) is 5.11 Å². The highest BCUT2D eigenvalue weighted by atomic mass is 127. The van der Waals surface area contributed by atoms with Crippen molar-refractivity contribution in [2.24, 2.45) is 0 Å². The lowest BCUT2D eigenvalue weighted by Gasteiger charge is -2.26. The molecular weight excluding hydrogens is 325 g/mol. The standard InChI is InChI=1S/C14H24NO.HI/c1-14(2,16)10-12-8-6-7-9-13(12)11-15(3,4)5;/h6-9,16H,10-11H2,1-5H3;1H/q+1;/p-1. The third-order valence-electron chi connectivity index (χ3n) is 2.39. The maximum Gasteiger partial charge on any atom is 0.104 e. The van der Waals surface area contributed by atoms with Crippen LogP contribution >= 0.6 is 0 Å². The number of aliphatic hydroxyl groups is 1. The minimum atomic E-state index is -0.638. The first kappa shape index (κ1) is 16.9. The molecule has 0 aliphatic carbocycles. The predicted molar refractivity (Wildman–Crippen MR) is 68.2 cm³/mol. The maximum absolute atomic E-state index is 9.89. The Morgan fingerprint density at radius 3 is 1.94 bits per heavy atom. The smallest absolute Gasteiger partial charge is 0.104 e. The Balaban J connectivity index is 0.00000256. The molecule has 0 spiro atoms. The number of hydrogen-bond donors (Lipinski definition) is 1. The number of benzene rings is 1. The monoisotopic (exact) mass is 349 g/mol. The molecule has 3 heteroatoms. The summed E-state index contributed by atoms with van der Waals surface area (Å²) in [7, 11) is 6.54. The summed E-state index contributed by atoms with van der Waals surface area (Å²) in [6, 6.07) is 8.38. The Morgan fingerprint density at radius 1 is 1.06 bits per heavy atom. The molecule has 98 valence electrons. The summed E-state index contributed by atoms with van der Waals surface area (Å²) in [5.74, 6) is 0. The molecule has 17 heavy (non-hydrogen) atoms. The SMILES string of the molecule is CC(C)(O)Cc1ccccc1C[N+](C)(C)C.[I-]. The van der Waals surface area contributed by atoms with E-state index in [1.54, 1.807) is 0 Å². The van der Waals surface area contributed by atoms with Gasteiger partial charge in [-0.1, -0.05) is 24.3 Å². The lowest BCUT2D eigenvalue weighted by atomic mass is 9.94. The van der Waals surface area contributed by atoms with Crippen molar-refractivity contribution >= 4 is 0 Å². The van der Waals surface area contributed by atoms with Crippen LogP contribution in [0.15, 0.2) is 24.3 Å². The van der Waals surface area contributed by atoms with Crippen LogP contribution < -0.4 is 24.0 Å². The van der Waals surface area contributed by atoms with Crippen LogP contribution in [0.25, 0.3) is 0 Å². The first-order valence-electron chi connectivity index (χ1n) is 5.77. The van der Waals surface area contributed by atoms with Crippen LogP contribution in [0.4, 0.5) is 0 Å². The van der Waals surface area contributed by atoms with Gasteiger partial charge in [-0.05, 0) is 19.4 Å². The molecule has 0 aliphatic rings. The van der Waals surface area contributed by atoms with Crippen molar-refractivity contribution in [3.05, 3.63) is 35.4 Å². The van der Waals surface area contributed by atoms with Gasteiger partial charge in [0.2, 0.25) is 0 Å². The van der Waals surface area contributed by atoms with Gasteiger partial charge in [-0.15, -0.1) is 0 Å². The Bertz CT molecular complexity index is 315. The van der Waals surface area contributed by atoms with E-state index < -0.39 is 5.60 Å². The zero-order chi connectivity index (χ0) is 12.4. The second-order valence-corrected chi connectivity index (χ2v) is 6.21. The van der Waals surface area contributed by atoms with Gasteiger partial charge < -0.3 is 33.6 Å². The zero-order valence-corrected chi connectivity index (χ0v) is 13.7. The van der Waals surface area contributed by atoms with Gasteiger partial charge in [0.25, 0.3) is 0 Å². The fraction of sp³-hybridized carbons (Fsp3) is 0.571. The quantitative estimate of drug-likeness (QED) is 0.558. The largest absolute Gasteiger partial charge is 1.00 e. The highest BCUT2D eigenvalue weighted by Gasteiger charge is 2.18. The third-order valence-corrected chi connectivity index (χ3v) is 2.39. The Morgan fingerprint density at radius 2 is 1.53 bits per heavy atom. The van der Waals surface area contributed by atoms with Crippen LogP contribution in [0.3, 0.4) is 0 Å². The second kappa shape index (κ2) is 6.16. The fourth-order valence-corrected chi connectivity index (χ4v) is 1.86. The van der Waals surface area contributed by atoms with Gasteiger partial charge in [0.1, 0.15) is 6.54 Å². The van der Waals surface area contributed by atoms with E-state index in [4.69, 9.17) is 0 Å². The van der Waals surface area contributed by atoms with Gasteiger partial charge in [0, 0.05) is 12.0 Å². The molecule has 1 aromatic rings. The topological polar surface area (TPSA) is 20.2 Å². The lowest BCUT2D eigenvalue weighted by Crippen LogP contribution is -3.00. The highest BCUT2D eigenvalue weighted by Crippen LogP contribution is 2.18. The van der Waals surface area contributed by atoms with Crippen LogP contribution in [0.1, 0.15) is 25.0 Å². The molecule has 0 atom stereocenters. The van der Waals surface area contributed by atoms with E-state index >= 15 is 0 Å². The van der Waals surface area contributed by atoms with E-state index in [2.05, 4.69) is 39.3 Å². The summed E-state index contributed by atoms with van der Waals surface area (Å²) >= 11 is 0. The Labute approximate surface area is 122 Å². The van der Waals surface area contributed by atoms with Crippen molar-refractivity contribution in [3.8, 4) is 0 Å². The summed E-state index contributed by atoms with van der Waals surface area (Å²) in [4.78, 5) is 0. The average molecular weight is 349 g/mol. The van der Waals surface area contributed by atoms with E-state index in [0.717, 1.165) is 11.0 Å². The first-order chi connectivity index (χ1) is 7.17. The fourth-order valence-electron chi connectivity index (χ4n) is 1.86. The van der Waals surface area contributed by atoms with E-state index in [0.29, 0.717) is 6.42 Å². The minimum absolute atomic E-state index is 0. The molecule has 0 aromatic heterocycles. The molecule has 0 fully saturated rings. The summed E-state index contributed by atoms with van der Waals surface area (Å²) in [5.41, 5.74) is 1.95. The van der Waals surface area contributed by atoms with E-state index in [-0.39, 0.29) is 24.0 Å². The second-order valence-electron chi connectivity index (χ2n) is 6.21. The van der Waals surface area contributed by atoms with E-state index in [1.165, 1.54) is 11.1 Å². The van der Waals surface area contributed by atoms with Gasteiger partial charge in [-0.25, -0.2) is 0 Å². The van der Waals surface area contributed by atoms with Crippen molar-refractivity contribution < 1.29 is 33.6 Å². The maximum atomic E-state index is 9.89. The van der Waals surface area contributed by atoms with Crippen LogP contribution in [-0.4, -0.2) is 36.3 Å². The lowest BCUT2D eigenvalue weighted by molar-refractivity contribution is -0.884. The van der Waals surface area contributed by atoms with Crippen LogP contribution in [0, 0.1) is 0 Å². The molecule has 2 nitrogen and oxygen atoms in total. The highest BCUT2D eigenvalue weighted by molar-refractivity contribution is 5.27. The van der Waals surface area contributed by atoms with Crippen molar-refractivity contribution in [2.45, 2.75) is 32.4 Å². The van der Waals surface area contributed by atoms with Gasteiger partial charge >= 0.3 is 0 Å². The summed E-state index contributed by atoms with van der Waals surface area (Å²) in [6.45, 7) is 4.71. The molecule has 0 unspecified atom stereocenters. The van der Waals surface area contributed by atoms with Crippen LogP contribution in [0.2, 0.25) is 0 Å². The normalized spacial score (nSPS) is 12.1. The molecular formula is C14H24INO. The molecule has 1 aromatic carbocycles. The molecule has 0 saturated heterocycles. The van der Waals surface area contributed by atoms with Crippen LogP contribution in [0.5, 0.6) is 0 Å². The average Bonchev–Trinajstić information content (AvgIpc) is 2.03. The number of halogens is 1. The summed E-state index contributed by atoms with van der Waals surface area (Å²) < 4.78 is 0.906. The van der Waals surface area contributed by atoms with Gasteiger partial charge in [-0.3, -0.25) is 0 Å². The van der Waals surface area contributed by atoms with Gasteiger partial charge in [-0.2, -0.15) is 0 Å². The Hall–Kier alpha value is -0.130. The van der Waals surface area contributed by atoms with Crippen molar-refractivity contribution in [1.29, 1.82) is 0 Å². The Kier molecular flexibility index (Phi) is 6.11. The van der Waals surface area contributed by atoms with Gasteiger partial charge in [0.15, 0.2) is 0 Å². The zero-order valence-electron chi connectivity index (χ0n) is 11.5. The molecule has 0 aliphatic heterocycles. The minimum Gasteiger partial charge on any atom is -1.00 e. The van der Waals surface area contributed by atoms with E-state index in [1.807, 2.05) is 19.9 Å². The van der Waals surface area contributed by atoms with Crippen molar-refractivity contribution in [1.82, 2.24) is 0 Å². The molecule has 1 rings (SSSR count). The van der Waals surface area contributed by atoms with Crippen LogP contribution in [-0.2, 0) is 13.0 Å². The van der Waals surface area contributed by atoms with Gasteiger partial charge in [0.05, 0.1) is 26.7 Å². The number of hydrogen-bond acceptors (Lipinski definition) is 1. The molecule has 0 heterocycles. The molecule has 0 bridgehead atoms. The molecule has 1 N–H and O–H groups in total. The summed E-state index contributed by atoms with van der Waals surface area (Å²) in [5, 5.41) is 9.89. The number of quaternary nitrogens is 1. The molecule has 0 radical (unpaired) electrons. The first-order valence-corrected chi connectivity index (χ1v) is 5.77. The number of rotatable bonds is 4. The molecule has 0 amide bonds. The summed E-state index contributed by atoms with van der Waals surface area (Å²) in [6.07, 6.45) is 0.711. The predicted octanol–water partition coefficient (Wildman–Crippen LogP) is -0.790. The number of nitrogens with zero attached hydrogens (tertiary/aromatic N) is 1. The van der Waals surface area contributed by atoms with Crippen molar-refractivity contribution in [2.75, 3.05) is 21.1 Å². The third kappa shape index (κ3) is 7.01. The molecule has 0 saturated carbocycles. The van der Waals surface area contributed by atoms with Crippen molar-refractivity contribution in [3.63, 3.8) is 0 Å².